The van der Waals surface area contributed by atoms with E-state index in [1.54, 1.807) is 11.3 Å². The van der Waals surface area contributed by atoms with E-state index in [-0.39, 0.29) is 12.5 Å². The molecule has 1 amide bonds. The maximum atomic E-state index is 11.2. The van der Waals surface area contributed by atoms with E-state index in [0.717, 1.165) is 0 Å². The summed E-state index contributed by atoms with van der Waals surface area (Å²) in [5.41, 5.74) is 2.41. The molecular formula is C10H15NO2S. The van der Waals surface area contributed by atoms with Crippen molar-refractivity contribution in [2.24, 2.45) is 0 Å². The van der Waals surface area contributed by atoms with Crippen LogP contribution < -0.4 is 5.32 Å². The van der Waals surface area contributed by atoms with Crippen LogP contribution in [0.3, 0.4) is 0 Å². The number of hydrogen-bond acceptors (Lipinski definition) is 3. The van der Waals surface area contributed by atoms with Gasteiger partial charge in [-0.3, -0.25) is 4.79 Å². The zero-order valence-electron chi connectivity index (χ0n) is 8.50. The molecule has 1 rings (SSSR count). The van der Waals surface area contributed by atoms with Crippen molar-refractivity contribution in [3.63, 3.8) is 0 Å². The van der Waals surface area contributed by atoms with Gasteiger partial charge in [0.25, 0.3) is 0 Å². The van der Waals surface area contributed by atoms with Crippen LogP contribution in [0.25, 0.3) is 0 Å². The van der Waals surface area contributed by atoms with Crippen molar-refractivity contribution in [3.8, 4) is 0 Å². The third kappa shape index (κ3) is 3.47. The van der Waals surface area contributed by atoms with Crippen LogP contribution in [-0.2, 0) is 16.1 Å². The van der Waals surface area contributed by atoms with Gasteiger partial charge in [0.15, 0.2) is 0 Å². The molecule has 0 spiro atoms. The molecular weight excluding hydrogens is 198 g/mol. The van der Waals surface area contributed by atoms with Crippen LogP contribution in [0, 0.1) is 6.92 Å². The summed E-state index contributed by atoms with van der Waals surface area (Å²) in [5.74, 6) is -0.0579. The number of ether oxygens (including phenoxy) is 1. The Kier molecular flexibility index (Phi) is 4.62. The van der Waals surface area contributed by atoms with E-state index < -0.39 is 0 Å². The van der Waals surface area contributed by atoms with Crippen molar-refractivity contribution in [1.82, 2.24) is 5.32 Å². The molecule has 3 nitrogen and oxygen atoms in total. The topological polar surface area (TPSA) is 38.3 Å². The van der Waals surface area contributed by atoms with Gasteiger partial charge in [0.1, 0.15) is 6.61 Å². The molecule has 78 valence electrons. The molecule has 0 atom stereocenters. The predicted octanol–water partition coefficient (Wildman–Crippen LogP) is 1.71. The van der Waals surface area contributed by atoms with Gasteiger partial charge in [-0.15, -0.1) is 0 Å². The fourth-order valence-corrected chi connectivity index (χ4v) is 1.86. The van der Waals surface area contributed by atoms with Crippen LogP contribution in [0.5, 0.6) is 0 Å². The van der Waals surface area contributed by atoms with Crippen LogP contribution in [0.2, 0.25) is 0 Å². The number of aryl methyl sites for hydroxylation is 1. The molecule has 1 heterocycles. The second-order valence-electron chi connectivity index (χ2n) is 2.99. The number of thiophene rings is 1. The lowest BCUT2D eigenvalue weighted by Gasteiger charge is -2.04. The number of amides is 1. The highest BCUT2D eigenvalue weighted by atomic mass is 32.1. The van der Waals surface area contributed by atoms with Crippen molar-refractivity contribution < 1.29 is 9.53 Å². The molecule has 1 N–H and O–H groups in total. The van der Waals surface area contributed by atoms with Crippen molar-refractivity contribution in [3.05, 3.63) is 21.9 Å². The first-order valence-electron chi connectivity index (χ1n) is 4.60. The highest BCUT2D eigenvalue weighted by Gasteiger charge is 2.02. The van der Waals surface area contributed by atoms with Crippen molar-refractivity contribution in [2.45, 2.75) is 20.4 Å². The minimum absolute atomic E-state index is 0.0579. The lowest BCUT2D eigenvalue weighted by molar-refractivity contribution is -0.125. The Bertz CT molecular complexity index is 296. The Balaban J connectivity index is 2.27. The van der Waals surface area contributed by atoms with Crippen LogP contribution >= 0.6 is 11.3 Å². The zero-order valence-corrected chi connectivity index (χ0v) is 9.32. The maximum absolute atomic E-state index is 11.2. The van der Waals surface area contributed by atoms with Gasteiger partial charge in [0, 0.05) is 13.2 Å². The number of carbonyl (C=O) groups is 1. The smallest absolute Gasteiger partial charge is 0.246 e. The summed E-state index contributed by atoms with van der Waals surface area (Å²) in [6.07, 6.45) is 0. The van der Waals surface area contributed by atoms with E-state index in [1.807, 2.05) is 13.8 Å². The lowest BCUT2D eigenvalue weighted by Crippen LogP contribution is -2.27. The summed E-state index contributed by atoms with van der Waals surface area (Å²) in [5, 5.41) is 6.93. The third-order valence-electron chi connectivity index (χ3n) is 1.87. The monoisotopic (exact) mass is 213 g/mol. The standard InChI is InChI=1S/C10H15NO2S/c1-3-13-5-10(12)11-4-9-7-14-6-8(9)2/h6-7H,3-5H2,1-2H3,(H,11,12). The Morgan fingerprint density at radius 3 is 2.93 bits per heavy atom. The fraction of sp³-hybridized carbons (Fsp3) is 0.500. The Labute approximate surface area is 88.1 Å². The summed E-state index contributed by atoms with van der Waals surface area (Å²) in [7, 11) is 0. The molecule has 0 aliphatic carbocycles. The molecule has 14 heavy (non-hydrogen) atoms. The third-order valence-corrected chi connectivity index (χ3v) is 2.79. The minimum Gasteiger partial charge on any atom is -0.372 e. The summed E-state index contributed by atoms with van der Waals surface area (Å²) in [6, 6.07) is 0. The molecule has 0 saturated carbocycles. The first kappa shape index (κ1) is 11.2. The fourth-order valence-electron chi connectivity index (χ4n) is 1.01. The first-order valence-corrected chi connectivity index (χ1v) is 5.54. The van der Waals surface area contributed by atoms with E-state index in [0.29, 0.717) is 13.2 Å². The van der Waals surface area contributed by atoms with Crippen molar-refractivity contribution >= 4 is 17.2 Å². The molecule has 0 aliphatic rings. The maximum Gasteiger partial charge on any atom is 0.246 e. The highest BCUT2D eigenvalue weighted by molar-refractivity contribution is 7.08. The average molecular weight is 213 g/mol. The van der Waals surface area contributed by atoms with Gasteiger partial charge in [-0.1, -0.05) is 0 Å². The summed E-state index contributed by atoms with van der Waals surface area (Å²) in [4.78, 5) is 11.2. The highest BCUT2D eigenvalue weighted by Crippen LogP contribution is 2.12. The van der Waals surface area contributed by atoms with Gasteiger partial charge in [0.05, 0.1) is 0 Å². The molecule has 0 fully saturated rings. The molecule has 1 aromatic rings. The number of rotatable bonds is 5. The van der Waals surface area contributed by atoms with E-state index in [9.17, 15) is 4.79 Å². The largest absolute Gasteiger partial charge is 0.372 e. The van der Waals surface area contributed by atoms with Gasteiger partial charge in [0.2, 0.25) is 5.91 Å². The summed E-state index contributed by atoms with van der Waals surface area (Å²) >= 11 is 1.65. The van der Waals surface area contributed by atoms with E-state index in [1.165, 1.54) is 11.1 Å². The lowest BCUT2D eigenvalue weighted by atomic mass is 10.2. The van der Waals surface area contributed by atoms with Gasteiger partial charge in [-0.2, -0.15) is 11.3 Å². The number of carbonyl (C=O) groups excluding carboxylic acids is 1. The zero-order chi connectivity index (χ0) is 10.4. The van der Waals surface area contributed by atoms with Gasteiger partial charge in [-0.05, 0) is 35.7 Å². The Morgan fingerprint density at radius 1 is 1.57 bits per heavy atom. The first-order chi connectivity index (χ1) is 6.74. The minimum atomic E-state index is -0.0579. The van der Waals surface area contributed by atoms with E-state index in [4.69, 9.17) is 4.74 Å². The van der Waals surface area contributed by atoms with Crippen LogP contribution in [-0.4, -0.2) is 19.1 Å². The van der Waals surface area contributed by atoms with Gasteiger partial charge >= 0.3 is 0 Å². The Morgan fingerprint density at radius 2 is 2.36 bits per heavy atom. The number of hydrogen-bond donors (Lipinski definition) is 1. The molecule has 0 aromatic carbocycles. The SMILES string of the molecule is CCOCC(=O)NCc1cscc1C. The van der Waals surface area contributed by atoms with Crippen LogP contribution in [0.1, 0.15) is 18.1 Å². The van der Waals surface area contributed by atoms with Crippen molar-refractivity contribution in [1.29, 1.82) is 0 Å². The van der Waals surface area contributed by atoms with Crippen molar-refractivity contribution in [2.75, 3.05) is 13.2 Å². The molecule has 0 unspecified atom stereocenters. The molecule has 0 radical (unpaired) electrons. The number of nitrogens with one attached hydrogen (secondary N) is 1. The molecule has 0 aliphatic heterocycles. The second kappa shape index (κ2) is 5.78. The van der Waals surface area contributed by atoms with E-state index in [2.05, 4.69) is 16.1 Å². The molecule has 4 heteroatoms. The summed E-state index contributed by atoms with van der Waals surface area (Å²) < 4.78 is 4.99. The predicted molar refractivity (Wildman–Crippen MR) is 57.4 cm³/mol. The molecule has 0 bridgehead atoms. The van der Waals surface area contributed by atoms with Gasteiger partial charge in [-0.25, -0.2) is 0 Å². The van der Waals surface area contributed by atoms with E-state index >= 15 is 0 Å². The Hall–Kier alpha value is -0.870. The normalized spacial score (nSPS) is 10.1. The van der Waals surface area contributed by atoms with Gasteiger partial charge < -0.3 is 10.1 Å². The second-order valence-corrected chi connectivity index (χ2v) is 3.74. The quantitative estimate of drug-likeness (QED) is 0.808. The molecule has 0 saturated heterocycles. The van der Waals surface area contributed by atoms with Crippen LogP contribution in [0.4, 0.5) is 0 Å². The molecule has 1 aromatic heterocycles. The summed E-state index contributed by atoms with van der Waals surface area (Å²) in [6.45, 7) is 5.24. The van der Waals surface area contributed by atoms with Crippen LogP contribution in [0.15, 0.2) is 10.8 Å². The average Bonchev–Trinajstić information content (AvgIpc) is 2.58.